The minimum Gasteiger partial charge on any atom is -0.494 e. The van der Waals surface area contributed by atoms with E-state index in [0.29, 0.717) is 0 Å². The summed E-state index contributed by atoms with van der Waals surface area (Å²) in [4.78, 5) is 0. The fourth-order valence-electron chi connectivity index (χ4n) is 5.68. The molecule has 0 saturated heterocycles. The minimum absolute atomic E-state index is 0.790. The SMILES string of the molecule is CCCCCCCCCOc1ccc(-c2ccc(C#CC#Cc3ccc(-c4ccc(OCCCCCCCCC)cc4)cc3)cc2)cc1. The fourth-order valence-corrected chi connectivity index (χ4v) is 5.68. The first kappa shape index (κ1) is 36.4. The van der Waals surface area contributed by atoms with Gasteiger partial charge in [0.15, 0.2) is 0 Å². The van der Waals surface area contributed by atoms with Gasteiger partial charge in [-0.25, -0.2) is 0 Å². The van der Waals surface area contributed by atoms with Crippen molar-refractivity contribution in [2.45, 2.75) is 104 Å². The smallest absolute Gasteiger partial charge is 0.119 e. The molecule has 0 spiro atoms. The zero-order valence-electron chi connectivity index (χ0n) is 29.4. The third-order valence-electron chi connectivity index (χ3n) is 8.65. The number of benzene rings is 4. The van der Waals surface area contributed by atoms with E-state index < -0.39 is 0 Å². The zero-order valence-corrected chi connectivity index (χ0v) is 29.4. The van der Waals surface area contributed by atoms with Gasteiger partial charge in [-0.1, -0.05) is 151 Å². The van der Waals surface area contributed by atoms with Crippen molar-refractivity contribution in [3.05, 3.63) is 108 Å². The maximum Gasteiger partial charge on any atom is 0.119 e. The van der Waals surface area contributed by atoms with Gasteiger partial charge in [0.1, 0.15) is 11.5 Å². The molecule has 0 radical (unpaired) electrons. The second-order valence-corrected chi connectivity index (χ2v) is 12.6. The van der Waals surface area contributed by atoms with E-state index in [9.17, 15) is 0 Å². The molecule has 0 fully saturated rings. The van der Waals surface area contributed by atoms with Gasteiger partial charge in [0, 0.05) is 11.1 Å². The van der Waals surface area contributed by atoms with Gasteiger partial charge >= 0.3 is 0 Å². The molecule has 4 rings (SSSR count). The summed E-state index contributed by atoms with van der Waals surface area (Å²) in [5.41, 5.74) is 6.57. The monoisotopic (exact) mass is 638 g/mol. The number of hydrogen-bond acceptors (Lipinski definition) is 2. The lowest BCUT2D eigenvalue weighted by Gasteiger charge is -2.08. The Morgan fingerprint density at radius 1 is 0.354 bits per heavy atom. The summed E-state index contributed by atoms with van der Waals surface area (Å²) in [5, 5.41) is 0. The Hall–Kier alpha value is -4.40. The largest absolute Gasteiger partial charge is 0.494 e. The van der Waals surface area contributed by atoms with Crippen LogP contribution in [0.3, 0.4) is 0 Å². The summed E-state index contributed by atoms with van der Waals surface area (Å²) in [6.07, 6.45) is 18.1. The molecule has 0 aliphatic carbocycles. The van der Waals surface area contributed by atoms with Crippen molar-refractivity contribution >= 4 is 0 Å². The van der Waals surface area contributed by atoms with Crippen molar-refractivity contribution in [1.82, 2.24) is 0 Å². The summed E-state index contributed by atoms with van der Waals surface area (Å²) >= 11 is 0. The van der Waals surface area contributed by atoms with Crippen LogP contribution in [-0.4, -0.2) is 13.2 Å². The molecule has 0 amide bonds. The van der Waals surface area contributed by atoms with Crippen LogP contribution in [0.1, 0.15) is 115 Å². The molecule has 0 heterocycles. The highest BCUT2D eigenvalue weighted by molar-refractivity contribution is 5.66. The Balaban J connectivity index is 1.17. The van der Waals surface area contributed by atoms with Crippen LogP contribution < -0.4 is 9.47 Å². The molecule has 0 saturated carbocycles. The van der Waals surface area contributed by atoms with Gasteiger partial charge in [-0.3, -0.25) is 0 Å². The minimum atomic E-state index is 0.790. The van der Waals surface area contributed by atoms with Gasteiger partial charge in [-0.2, -0.15) is 0 Å². The van der Waals surface area contributed by atoms with E-state index in [1.807, 2.05) is 0 Å². The molecule has 0 aromatic heterocycles. The van der Waals surface area contributed by atoms with Crippen molar-refractivity contribution in [2.75, 3.05) is 13.2 Å². The average molecular weight is 639 g/mol. The normalized spacial score (nSPS) is 10.5. The van der Waals surface area contributed by atoms with Crippen molar-refractivity contribution in [1.29, 1.82) is 0 Å². The first-order chi connectivity index (χ1) is 23.7. The van der Waals surface area contributed by atoms with Gasteiger partial charge in [0.25, 0.3) is 0 Å². The highest BCUT2D eigenvalue weighted by Gasteiger charge is 2.02. The van der Waals surface area contributed by atoms with Gasteiger partial charge in [-0.05, 0) is 95.5 Å². The van der Waals surface area contributed by atoms with E-state index in [4.69, 9.17) is 9.47 Å². The Labute approximate surface area is 291 Å². The summed E-state index contributed by atoms with van der Waals surface area (Å²) in [7, 11) is 0. The Morgan fingerprint density at radius 2 is 0.646 bits per heavy atom. The van der Waals surface area contributed by atoms with E-state index in [0.717, 1.165) is 59.8 Å². The molecule has 2 nitrogen and oxygen atoms in total. The first-order valence-electron chi connectivity index (χ1n) is 18.4. The highest BCUT2D eigenvalue weighted by Crippen LogP contribution is 2.24. The van der Waals surface area contributed by atoms with Crippen molar-refractivity contribution in [3.8, 4) is 57.4 Å². The van der Waals surface area contributed by atoms with Crippen LogP contribution in [0.2, 0.25) is 0 Å². The molecule has 4 aromatic carbocycles. The number of ether oxygens (including phenoxy) is 2. The third-order valence-corrected chi connectivity index (χ3v) is 8.65. The molecule has 4 aromatic rings. The topological polar surface area (TPSA) is 18.5 Å². The number of unbranched alkanes of at least 4 members (excludes halogenated alkanes) is 12. The summed E-state index contributed by atoms with van der Waals surface area (Å²) in [6, 6.07) is 33.4. The average Bonchev–Trinajstić information content (AvgIpc) is 3.13. The molecule has 0 aliphatic rings. The van der Waals surface area contributed by atoms with Crippen LogP contribution in [0.25, 0.3) is 22.3 Å². The lowest BCUT2D eigenvalue weighted by Crippen LogP contribution is -1.97. The van der Waals surface area contributed by atoms with Crippen molar-refractivity contribution in [2.24, 2.45) is 0 Å². The summed E-state index contributed by atoms with van der Waals surface area (Å²) in [6.45, 7) is 6.10. The molecule has 0 aliphatic heterocycles. The summed E-state index contributed by atoms with van der Waals surface area (Å²) < 4.78 is 11.9. The Kier molecular flexibility index (Phi) is 16.9. The van der Waals surface area contributed by atoms with E-state index in [1.54, 1.807) is 0 Å². The maximum atomic E-state index is 5.95. The number of hydrogen-bond donors (Lipinski definition) is 0. The van der Waals surface area contributed by atoms with E-state index in [2.05, 4.69) is 135 Å². The lowest BCUT2D eigenvalue weighted by molar-refractivity contribution is 0.304. The van der Waals surface area contributed by atoms with Crippen molar-refractivity contribution < 1.29 is 9.47 Å². The Bertz CT molecular complexity index is 1430. The van der Waals surface area contributed by atoms with E-state index in [1.165, 1.54) is 88.2 Å². The van der Waals surface area contributed by atoms with Gasteiger partial charge < -0.3 is 9.47 Å². The van der Waals surface area contributed by atoms with E-state index >= 15 is 0 Å². The molecule has 48 heavy (non-hydrogen) atoms. The zero-order chi connectivity index (χ0) is 33.5. The van der Waals surface area contributed by atoms with Crippen LogP contribution in [0.15, 0.2) is 97.1 Å². The first-order valence-corrected chi connectivity index (χ1v) is 18.4. The Morgan fingerprint density at radius 3 is 0.979 bits per heavy atom. The molecule has 0 N–H and O–H groups in total. The van der Waals surface area contributed by atoms with Crippen LogP contribution in [-0.2, 0) is 0 Å². The molecular formula is C46H54O2. The van der Waals surface area contributed by atoms with Crippen LogP contribution in [0.5, 0.6) is 11.5 Å². The maximum absolute atomic E-state index is 5.95. The van der Waals surface area contributed by atoms with E-state index in [-0.39, 0.29) is 0 Å². The van der Waals surface area contributed by atoms with Gasteiger partial charge in [0.2, 0.25) is 0 Å². The predicted molar refractivity (Wildman–Crippen MR) is 204 cm³/mol. The van der Waals surface area contributed by atoms with Crippen LogP contribution >= 0.6 is 0 Å². The van der Waals surface area contributed by atoms with Gasteiger partial charge in [0.05, 0.1) is 13.2 Å². The molecule has 0 atom stereocenters. The second-order valence-electron chi connectivity index (χ2n) is 12.6. The molecule has 0 unspecified atom stereocenters. The fraction of sp³-hybridized carbons (Fsp3) is 0.391. The lowest BCUT2D eigenvalue weighted by atomic mass is 10.0. The molecular weight excluding hydrogens is 585 g/mol. The number of rotatable bonds is 20. The summed E-state index contributed by atoms with van der Waals surface area (Å²) in [5.74, 6) is 14.2. The third kappa shape index (κ3) is 13.8. The second kappa shape index (κ2) is 22.2. The molecule has 0 bridgehead atoms. The van der Waals surface area contributed by atoms with Crippen LogP contribution in [0, 0.1) is 23.7 Å². The van der Waals surface area contributed by atoms with Crippen molar-refractivity contribution in [3.63, 3.8) is 0 Å². The molecule has 250 valence electrons. The van der Waals surface area contributed by atoms with Gasteiger partial charge in [-0.15, -0.1) is 0 Å². The standard InChI is InChI=1S/C46H54O2/c1-3-5-7-9-11-13-17-37-47-45-33-29-43(30-34-45)41-25-21-39(22-26-41)19-15-16-20-40-23-27-42(28-24-40)44-31-35-46(36-32-44)48-38-18-14-12-10-8-6-4-2/h21-36H,3-14,17-18,37-38H2,1-2H3. The highest BCUT2D eigenvalue weighted by atomic mass is 16.5. The predicted octanol–water partition coefficient (Wildman–Crippen LogP) is 12.7. The van der Waals surface area contributed by atoms with Crippen LogP contribution in [0.4, 0.5) is 0 Å². The molecule has 2 heteroatoms. The quantitative estimate of drug-likeness (QED) is 0.0708.